The van der Waals surface area contributed by atoms with Crippen LogP contribution >= 0.6 is 11.8 Å². The number of nitrogens with zero attached hydrogens (tertiary/aromatic N) is 3. The molecular formula is C18H28N4O4S. The molecule has 1 unspecified atom stereocenters. The van der Waals surface area contributed by atoms with E-state index in [1.165, 1.54) is 42.7 Å². The van der Waals surface area contributed by atoms with Crippen LogP contribution in [0.4, 0.5) is 0 Å². The molecule has 1 atom stereocenters. The Labute approximate surface area is 162 Å². The summed E-state index contributed by atoms with van der Waals surface area (Å²) >= 11 is 1.23. The number of imidazole rings is 1. The van der Waals surface area contributed by atoms with Gasteiger partial charge in [0, 0.05) is 13.6 Å². The number of methoxy groups -OCH3 is 1. The van der Waals surface area contributed by atoms with E-state index in [0.717, 1.165) is 19.3 Å². The number of carbonyl (C=O) groups excluding carboxylic acids is 1. The normalized spacial score (nSPS) is 12.4. The van der Waals surface area contributed by atoms with Crippen molar-refractivity contribution in [1.29, 1.82) is 0 Å². The lowest BCUT2D eigenvalue weighted by Crippen LogP contribution is -2.29. The Morgan fingerprint density at radius 1 is 1.22 bits per heavy atom. The van der Waals surface area contributed by atoms with Crippen LogP contribution in [0.2, 0.25) is 0 Å². The second-order valence-electron chi connectivity index (χ2n) is 6.59. The Balaban J connectivity index is 2.33. The Bertz CT molecular complexity index is 899. The number of H-pyrrole nitrogens is 1. The molecule has 27 heavy (non-hydrogen) atoms. The van der Waals surface area contributed by atoms with Crippen molar-refractivity contribution < 1.29 is 9.53 Å². The molecule has 0 aliphatic carbocycles. The van der Waals surface area contributed by atoms with Crippen molar-refractivity contribution in [1.82, 2.24) is 19.1 Å². The largest absolute Gasteiger partial charge is 0.468 e. The first-order valence-corrected chi connectivity index (χ1v) is 10.2. The molecule has 0 fully saturated rings. The fourth-order valence-corrected chi connectivity index (χ4v) is 3.89. The molecule has 8 nitrogen and oxygen atoms in total. The highest BCUT2D eigenvalue weighted by atomic mass is 32.2. The van der Waals surface area contributed by atoms with Crippen LogP contribution < -0.4 is 11.2 Å². The van der Waals surface area contributed by atoms with Crippen molar-refractivity contribution in [2.75, 3.05) is 7.11 Å². The molecule has 2 aromatic heterocycles. The number of rotatable bonds is 10. The zero-order valence-corrected chi connectivity index (χ0v) is 17.2. The summed E-state index contributed by atoms with van der Waals surface area (Å²) in [4.78, 5) is 42.9. The number of aromatic nitrogens is 4. The summed E-state index contributed by atoms with van der Waals surface area (Å²) in [6, 6.07) is 0. The highest BCUT2D eigenvalue weighted by Gasteiger charge is 2.22. The zero-order valence-electron chi connectivity index (χ0n) is 16.4. The average Bonchev–Trinajstić information content (AvgIpc) is 3.00. The Morgan fingerprint density at radius 2 is 1.89 bits per heavy atom. The van der Waals surface area contributed by atoms with E-state index < -0.39 is 16.5 Å². The molecule has 0 aliphatic heterocycles. The van der Waals surface area contributed by atoms with Gasteiger partial charge in [-0.05, 0) is 13.3 Å². The first-order valence-electron chi connectivity index (χ1n) is 9.34. The minimum Gasteiger partial charge on any atom is -0.468 e. The topological polar surface area (TPSA) is 99.0 Å². The molecule has 0 saturated carbocycles. The Hall–Kier alpha value is -2.03. The predicted molar refractivity (Wildman–Crippen MR) is 106 cm³/mol. The minimum atomic E-state index is -0.505. The van der Waals surface area contributed by atoms with Crippen molar-refractivity contribution in [3.8, 4) is 0 Å². The molecular weight excluding hydrogens is 368 g/mol. The summed E-state index contributed by atoms with van der Waals surface area (Å²) in [5, 5.41) is 0.0781. The Morgan fingerprint density at radius 3 is 2.56 bits per heavy atom. The molecule has 0 radical (unpaired) electrons. The van der Waals surface area contributed by atoms with Gasteiger partial charge in [0.25, 0.3) is 5.56 Å². The first kappa shape index (κ1) is 21.3. The maximum Gasteiger partial charge on any atom is 0.329 e. The summed E-state index contributed by atoms with van der Waals surface area (Å²) in [5.41, 5.74) is -0.266. The van der Waals surface area contributed by atoms with Crippen LogP contribution in [0, 0.1) is 0 Å². The van der Waals surface area contributed by atoms with E-state index in [9.17, 15) is 14.4 Å². The smallest absolute Gasteiger partial charge is 0.329 e. The molecule has 2 heterocycles. The summed E-state index contributed by atoms with van der Waals surface area (Å²) in [6.45, 7) is 4.52. The summed E-state index contributed by atoms with van der Waals surface area (Å²) in [7, 11) is 2.91. The number of thioether (sulfide) groups is 1. The van der Waals surface area contributed by atoms with Crippen LogP contribution in [0.3, 0.4) is 0 Å². The number of hydrogen-bond acceptors (Lipinski definition) is 6. The van der Waals surface area contributed by atoms with Gasteiger partial charge in [-0.2, -0.15) is 0 Å². The standard InChI is InChI=1S/C18H28N4O4S/c1-5-6-7-8-9-10-11-22-13-14(21(3)17(25)20-15(13)23)19-18(22)27-12(2)16(24)26-4/h12H,5-11H2,1-4H3,(H,20,23,25). The van der Waals surface area contributed by atoms with Crippen molar-refractivity contribution in [2.24, 2.45) is 7.05 Å². The first-order chi connectivity index (χ1) is 12.9. The number of carbonyl (C=O) groups is 1. The third-order valence-electron chi connectivity index (χ3n) is 4.52. The number of aromatic amines is 1. The minimum absolute atomic E-state index is 0.328. The van der Waals surface area contributed by atoms with Crippen molar-refractivity contribution in [2.45, 2.75) is 69.3 Å². The van der Waals surface area contributed by atoms with Gasteiger partial charge in [0.15, 0.2) is 16.3 Å². The molecule has 2 aromatic rings. The van der Waals surface area contributed by atoms with E-state index in [2.05, 4.69) is 16.9 Å². The highest BCUT2D eigenvalue weighted by molar-refractivity contribution is 8.00. The third kappa shape index (κ3) is 5.03. The lowest BCUT2D eigenvalue weighted by Gasteiger charge is -2.11. The quantitative estimate of drug-likeness (QED) is 0.376. The van der Waals surface area contributed by atoms with E-state index in [4.69, 9.17) is 4.74 Å². The van der Waals surface area contributed by atoms with Crippen LogP contribution in [0.1, 0.15) is 52.4 Å². The van der Waals surface area contributed by atoms with Crippen LogP contribution in [-0.4, -0.2) is 37.4 Å². The third-order valence-corrected chi connectivity index (χ3v) is 5.59. The van der Waals surface area contributed by atoms with Crippen LogP contribution in [0.25, 0.3) is 11.2 Å². The summed E-state index contributed by atoms with van der Waals surface area (Å²) in [6.07, 6.45) is 6.74. The van der Waals surface area contributed by atoms with Gasteiger partial charge < -0.3 is 9.30 Å². The number of ether oxygens (including phenoxy) is 1. The molecule has 0 bridgehead atoms. The van der Waals surface area contributed by atoms with E-state index in [-0.39, 0.29) is 5.97 Å². The SMILES string of the molecule is CCCCCCCCn1c(SC(C)C(=O)OC)nc2c1c(=O)[nH]c(=O)n2C. The van der Waals surface area contributed by atoms with Crippen LogP contribution in [0.15, 0.2) is 14.7 Å². The number of aryl methyl sites for hydroxylation is 2. The second kappa shape index (κ2) is 9.77. The number of hydrogen-bond donors (Lipinski definition) is 1. The maximum atomic E-state index is 12.4. The van der Waals surface area contributed by atoms with Gasteiger partial charge in [-0.15, -0.1) is 0 Å². The summed E-state index contributed by atoms with van der Waals surface area (Å²) < 4.78 is 7.92. The summed E-state index contributed by atoms with van der Waals surface area (Å²) in [5.74, 6) is -0.360. The van der Waals surface area contributed by atoms with E-state index in [1.807, 2.05) is 4.57 Å². The molecule has 9 heteroatoms. The Kier molecular flexibility index (Phi) is 7.70. The average molecular weight is 397 g/mol. The molecule has 150 valence electrons. The van der Waals surface area contributed by atoms with Gasteiger partial charge in [-0.3, -0.25) is 19.1 Å². The van der Waals surface area contributed by atoms with Gasteiger partial charge in [0.1, 0.15) is 5.25 Å². The van der Waals surface area contributed by atoms with Gasteiger partial charge >= 0.3 is 11.7 Å². The van der Waals surface area contributed by atoms with E-state index in [1.54, 1.807) is 14.0 Å². The van der Waals surface area contributed by atoms with Gasteiger partial charge in [-0.25, -0.2) is 9.78 Å². The number of fused-ring (bicyclic) bond motifs is 1. The van der Waals surface area contributed by atoms with E-state index >= 15 is 0 Å². The van der Waals surface area contributed by atoms with Gasteiger partial charge in [0.05, 0.1) is 7.11 Å². The predicted octanol–water partition coefficient (Wildman–Crippen LogP) is 2.44. The molecule has 0 spiro atoms. The van der Waals surface area contributed by atoms with Crippen molar-refractivity contribution in [3.63, 3.8) is 0 Å². The molecule has 0 aliphatic rings. The fourth-order valence-electron chi connectivity index (χ4n) is 2.93. The van der Waals surface area contributed by atoms with Gasteiger partial charge in [-0.1, -0.05) is 50.8 Å². The van der Waals surface area contributed by atoms with E-state index in [0.29, 0.717) is 22.9 Å². The van der Waals surface area contributed by atoms with Gasteiger partial charge in [0.2, 0.25) is 0 Å². The number of esters is 1. The molecule has 1 N–H and O–H groups in total. The maximum absolute atomic E-state index is 12.4. The van der Waals surface area contributed by atoms with Crippen LogP contribution in [-0.2, 0) is 23.1 Å². The molecule has 0 aromatic carbocycles. The number of unbranched alkanes of at least 4 members (excludes halogenated alkanes) is 5. The highest BCUT2D eigenvalue weighted by Crippen LogP contribution is 2.26. The lowest BCUT2D eigenvalue weighted by atomic mass is 10.1. The monoisotopic (exact) mass is 396 g/mol. The van der Waals surface area contributed by atoms with Crippen molar-refractivity contribution in [3.05, 3.63) is 20.8 Å². The molecule has 2 rings (SSSR count). The van der Waals surface area contributed by atoms with Crippen molar-refractivity contribution >= 4 is 28.9 Å². The zero-order chi connectivity index (χ0) is 20.0. The molecule has 0 amide bonds. The van der Waals surface area contributed by atoms with Crippen LogP contribution in [0.5, 0.6) is 0 Å². The fraction of sp³-hybridized carbons (Fsp3) is 0.667. The molecule has 0 saturated heterocycles. The lowest BCUT2D eigenvalue weighted by molar-refractivity contribution is -0.139. The second-order valence-corrected chi connectivity index (χ2v) is 7.90. The number of nitrogens with one attached hydrogen (secondary N) is 1.